The van der Waals surface area contributed by atoms with Crippen molar-refractivity contribution in [2.75, 3.05) is 6.17 Å². The zero-order valence-electron chi connectivity index (χ0n) is 5.26. The van der Waals surface area contributed by atoms with Crippen LogP contribution in [0.1, 0.15) is 13.8 Å². The van der Waals surface area contributed by atoms with E-state index in [0.29, 0.717) is 0 Å². The molecule has 3 nitrogen and oxygen atoms in total. The number of hydrogen-bond donors (Lipinski definition) is 3. The lowest BCUT2D eigenvalue weighted by atomic mass is 10.6. The Morgan fingerprint density at radius 2 is 1.88 bits per heavy atom. The maximum atomic E-state index is 8.97. The van der Waals surface area contributed by atoms with Crippen LogP contribution in [0.15, 0.2) is 0 Å². The summed E-state index contributed by atoms with van der Waals surface area (Å²) in [5, 5.41) is 0. The normalized spacial score (nSPS) is 12.8. The molecule has 0 heterocycles. The molecule has 0 aliphatic heterocycles. The van der Waals surface area contributed by atoms with Gasteiger partial charge in [0, 0.05) is 6.17 Å². The molecular formula is C4H13NO2Si. The average Bonchev–Trinajstić information content (AvgIpc) is 1.67. The molecule has 50 valence electrons. The number of hydrogen-bond acceptors (Lipinski definition) is 3. The highest BCUT2D eigenvalue weighted by molar-refractivity contribution is 6.66. The minimum Gasteiger partial charge on any atom is -0.410 e. The van der Waals surface area contributed by atoms with Crippen LogP contribution in [0.3, 0.4) is 0 Å². The first-order valence-corrected chi connectivity index (χ1v) is 4.83. The Morgan fingerprint density at radius 3 is 1.88 bits per heavy atom. The Bertz CT molecular complexity index is 74.4. The van der Waals surface area contributed by atoms with Crippen molar-refractivity contribution >= 4 is 8.56 Å². The largest absolute Gasteiger partial charge is 0.410 e. The summed E-state index contributed by atoms with van der Waals surface area (Å²) in [6.45, 7) is 3.53. The van der Waals surface area contributed by atoms with Gasteiger partial charge in [-0.1, -0.05) is 13.8 Å². The van der Waals surface area contributed by atoms with Crippen LogP contribution >= 0.6 is 0 Å². The summed E-state index contributed by atoms with van der Waals surface area (Å²) < 4.78 is 0. The van der Waals surface area contributed by atoms with Crippen LogP contribution in [0.2, 0.25) is 5.54 Å². The van der Waals surface area contributed by atoms with Crippen molar-refractivity contribution in [3.05, 3.63) is 0 Å². The zero-order chi connectivity index (χ0) is 6.78. The fraction of sp³-hybridized carbons (Fsp3) is 1.00. The SMILES string of the molecule is CC(C)[Si](O)(O)CN. The highest BCUT2D eigenvalue weighted by Crippen LogP contribution is 2.11. The van der Waals surface area contributed by atoms with Crippen LogP contribution in [-0.4, -0.2) is 24.3 Å². The Labute approximate surface area is 50.4 Å². The van der Waals surface area contributed by atoms with Gasteiger partial charge in [0.15, 0.2) is 0 Å². The molecule has 0 aromatic carbocycles. The second-order valence-electron chi connectivity index (χ2n) is 2.24. The van der Waals surface area contributed by atoms with E-state index < -0.39 is 8.56 Å². The highest BCUT2D eigenvalue weighted by Gasteiger charge is 2.31. The first-order chi connectivity index (χ1) is 3.50. The average molecular weight is 135 g/mol. The molecule has 0 radical (unpaired) electrons. The monoisotopic (exact) mass is 135 g/mol. The third kappa shape index (κ3) is 1.91. The molecule has 0 amide bonds. The summed E-state index contributed by atoms with van der Waals surface area (Å²) >= 11 is 0. The van der Waals surface area contributed by atoms with Gasteiger partial charge < -0.3 is 15.3 Å². The predicted octanol–water partition coefficient (Wildman–Crippen LogP) is -0.679. The van der Waals surface area contributed by atoms with E-state index in [2.05, 4.69) is 0 Å². The standard InChI is InChI=1S/C4H13NO2Si/c1-4(2)8(6,7)3-5/h4,6-7H,3,5H2,1-2H3. The summed E-state index contributed by atoms with van der Waals surface area (Å²) in [6.07, 6.45) is 0.0324. The van der Waals surface area contributed by atoms with Crippen molar-refractivity contribution in [1.82, 2.24) is 0 Å². The molecule has 0 unspecified atom stereocenters. The third-order valence-electron chi connectivity index (χ3n) is 1.23. The summed E-state index contributed by atoms with van der Waals surface area (Å²) in [6, 6.07) is 0. The number of rotatable bonds is 2. The van der Waals surface area contributed by atoms with Crippen LogP contribution < -0.4 is 5.73 Å². The lowest BCUT2D eigenvalue weighted by Crippen LogP contribution is -2.46. The van der Waals surface area contributed by atoms with Gasteiger partial charge in [0.25, 0.3) is 0 Å². The molecule has 0 aromatic heterocycles. The molecule has 4 heteroatoms. The van der Waals surface area contributed by atoms with Crippen LogP contribution in [0.4, 0.5) is 0 Å². The van der Waals surface area contributed by atoms with E-state index in [0.717, 1.165) is 0 Å². The minimum atomic E-state index is -2.98. The zero-order valence-corrected chi connectivity index (χ0v) is 6.26. The lowest BCUT2D eigenvalue weighted by molar-refractivity contribution is 0.346. The third-order valence-corrected chi connectivity index (χ3v) is 3.68. The lowest BCUT2D eigenvalue weighted by Gasteiger charge is -2.18. The molecule has 0 saturated carbocycles. The first kappa shape index (κ1) is 8.10. The molecule has 0 bridgehead atoms. The van der Waals surface area contributed by atoms with Gasteiger partial charge in [0.05, 0.1) is 0 Å². The fourth-order valence-corrected chi connectivity index (χ4v) is 0.707. The Kier molecular flexibility index (Phi) is 2.62. The quantitative estimate of drug-likeness (QED) is 0.440. The highest BCUT2D eigenvalue weighted by atomic mass is 28.4. The molecule has 4 N–H and O–H groups in total. The van der Waals surface area contributed by atoms with Gasteiger partial charge in [-0.05, 0) is 5.54 Å². The summed E-state index contributed by atoms with van der Waals surface area (Å²) in [5.41, 5.74) is 5.01. The predicted molar refractivity (Wildman–Crippen MR) is 34.3 cm³/mol. The van der Waals surface area contributed by atoms with E-state index in [9.17, 15) is 0 Å². The Hall–Kier alpha value is 0.0969. The van der Waals surface area contributed by atoms with Crippen LogP contribution in [-0.2, 0) is 0 Å². The van der Waals surface area contributed by atoms with Gasteiger partial charge in [-0.3, -0.25) is 0 Å². The maximum absolute atomic E-state index is 8.97. The van der Waals surface area contributed by atoms with Gasteiger partial charge in [0.2, 0.25) is 0 Å². The summed E-state index contributed by atoms with van der Waals surface area (Å²) in [4.78, 5) is 17.9. The second kappa shape index (κ2) is 2.59. The van der Waals surface area contributed by atoms with Gasteiger partial charge in [-0.25, -0.2) is 0 Å². The van der Waals surface area contributed by atoms with E-state index in [1.54, 1.807) is 13.8 Å². The first-order valence-electron chi connectivity index (χ1n) is 2.65. The van der Waals surface area contributed by atoms with Crippen LogP contribution in [0.25, 0.3) is 0 Å². The van der Waals surface area contributed by atoms with Crippen molar-refractivity contribution in [2.24, 2.45) is 5.73 Å². The molecule has 0 aromatic rings. The van der Waals surface area contributed by atoms with E-state index in [-0.39, 0.29) is 11.7 Å². The van der Waals surface area contributed by atoms with Crippen LogP contribution in [0.5, 0.6) is 0 Å². The van der Waals surface area contributed by atoms with Gasteiger partial charge in [-0.2, -0.15) is 0 Å². The summed E-state index contributed by atoms with van der Waals surface area (Å²) in [7, 11) is -2.98. The van der Waals surface area contributed by atoms with Gasteiger partial charge in [-0.15, -0.1) is 0 Å². The molecule has 0 aliphatic rings. The second-order valence-corrected chi connectivity index (χ2v) is 5.56. The topological polar surface area (TPSA) is 66.5 Å². The van der Waals surface area contributed by atoms with E-state index in [1.165, 1.54) is 0 Å². The molecule has 0 spiro atoms. The van der Waals surface area contributed by atoms with Crippen molar-refractivity contribution < 1.29 is 9.59 Å². The summed E-state index contributed by atoms with van der Waals surface area (Å²) in [5.74, 6) is 0. The van der Waals surface area contributed by atoms with Gasteiger partial charge >= 0.3 is 8.56 Å². The van der Waals surface area contributed by atoms with Crippen LogP contribution in [0, 0.1) is 0 Å². The molecule has 0 fully saturated rings. The molecule has 8 heavy (non-hydrogen) atoms. The Balaban J connectivity index is 3.71. The molecular weight excluding hydrogens is 122 g/mol. The Morgan fingerprint density at radius 1 is 1.50 bits per heavy atom. The van der Waals surface area contributed by atoms with Gasteiger partial charge in [0.1, 0.15) is 0 Å². The molecule has 0 rings (SSSR count). The maximum Gasteiger partial charge on any atom is 0.349 e. The minimum absolute atomic E-state index is 0.0324. The van der Waals surface area contributed by atoms with Crippen molar-refractivity contribution in [3.8, 4) is 0 Å². The molecule has 0 aliphatic carbocycles. The molecule has 0 saturated heterocycles. The van der Waals surface area contributed by atoms with E-state index in [1.807, 2.05) is 0 Å². The van der Waals surface area contributed by atoms with Crippen molar-refractivity contribution in [3.63, 3.8) is 0 Å². The molecule has 0 atom stereocenters. The van der Waals surface area contributed by atoms with E-state index >= 15 is 0 Å². The van der Waals surface area contributed by atoms with Crippen molar-refractivity contribution in [2.45, 2.75) is 19.4 Å². The smallest absolute Gasteiger partial charge is 0.349 e. The fourth-order valence-electron chi connectivity index (χ4n) is 0.236. The van der Waals surface area contributed by atoms with Crippen molar-refractivity contribution in [1.29, 1.82) is 0 Å². The number of nitrogens with two attached hydrogens (primary N) is 1. The van der Waals surface area contributed by atoms with E-state index in [4.69, 9.17) is 15.3 Å².